The summed E-state index contributed by atoms with van der Waals surface area (Å²) in [5.41, 5.74) is 0. The van der Waals surface area contributed by atoms with Crippen LogP contribution in [0.2, 0.25) is 0 Å². The number of hydrogen-bond acceptors (Lipinski definition) is 5. The number of pyridine rings is 1. The summed E-state index contributed by atoms with van der Waals surface area (Å²) < 4.78 is 7.97. The Morgan fingerprint density at radius 1 is 1.50 bits per heavy atom. The molecular formula is C9H10BrN5O. The maximum Gasteiger partial charge on any atom is 0.214 e. The minimum Gasteiger partial charge on any atom is -0.473 e. The molecule has 1 atom stereocenters. The Labute approximate surface area is 101 Å². The molecule has 0 bridgehead atoms. The minimum absolute atomic E-state index is 0.0506. The zero-order chi connectivity index (χ0) is 11.4. The Morgan fingerprint density at radius 2 is 2.38 bits per heavy atom. The van der Waals surface area contributed by atoms with E-state index in [2.05, 4.69) is 36.4 Å². The van der Waals surface area contributed by atoms with Gasteiger partial charge < -0.3 is 4.74 Å². The molecule has 0 saturated carbocycles. The third-order valence-corrected chi connectivity index (χ3v) is 2.29. The van der Waals surface area contributed by atoms with E-state index >= 15 is 0 Å². The summed E-state index contributed by atoms with van der Waals surface area (Å²) in [5, 5.41) is 10.9. The van der Waals surface area contributed by atoms with Crippen LogP contribution in [0.4, 0.5) is 0 Å². The van der Waals surface area contributed by atoms with Crippen LogP contribution >= 0.6 is 15.9 Å². The molecule has 0 aromatic carbocycles. The Bertz CT molecular complexity index is 447. The molecule has 2 heterocycles. The predicted molar refractivity (Wildman–Crippen MR) is 59.8 cm³/mol. The molecule has 2 rings (SSSR count). The first-order valence-corrected chi connectivity index (χ1v) is 5.53. The number of ether oxygens (including phenoxy) is 1. The van der Waals surface area contributed by atoms with Crippen LogP contribution in [0.1, 0.15) is 6.92 Å². The second-order valence-corrected chi connectivity index (χ2v) is 4.07. The fourth-order valence-electron chi connectivity index (χ4n) is 1.23. The molecule has 1 unspecified atom stereocenters. The number of halogens is 1. The van der Waals surface area contributed by atoms with Crippen LogP contribution in [0, 0.1) is 0 Å². The highest BCUT2D eigenvalue weighted by Crippen LogP contribution is 2.13. The van der Waals surface area contributed by atoms with Crippen molar-refractivity contribution in [3.63, 3.8) is 0 Å². The van der Waals surface area contributed by atoms with Crippen LogP contribution < -0.4 is 4.74 Å². The zero-order valence-electron chi connectivity index (χ0n) is 8.62. The predicted octanol–water partition coefficient (Wildman–Crippen LogP) is 1.30. The lowest BCUT2D eigenvalue weighted by molar-refractivity contribution is 0.185. The Morgan fingerprint density at radius 3 is 3.06 bits per heavy atom. The van der Waals surface area contributed by atoms with Crippen molar-refractivity contribution in [3.05, 3.63) is 29.1 Å². The van der Waals surface area contributed by atoms with Crippen molar-refractivity contribution in [2.75, 3.05) is 0 Å². The largest absolute Gasteiger partial charge is 0.473 e. The van der Waals surface area contributed by atoms with Gasteiger partial charge >= 0.3 is 0 Å². The lowest BCUT2D eigenvalue weighted by atomic mass is 10.4. The van der Waals surface area contributed by atoms with Crippen LogP contribution in [-0.2, 0) is 6.54 Å². The van der Waals surface area contributed by atoms with Crippen LogP contribution in [0.25, 0.3) is 0 Å². The first-order chi connectivity index (χ1) is 7.74. The van der Waals surface area contributed by atoms with E-state index in [-0.39, 0.29) is 6.10 Å². The number of rotatable bonds is 4. The lowest BCUT2D eigenvalue weighted by Gasteiger charge is -2.12. The van der Waals surface area contributed by atoms with Crippen LogP contribution in [0.15, 0.2) is 29.1 Å². The summed E-state index contributed by atoms with van der Waals surface area (Å²) in [6, 6.07) is 5.52. The van der Waals surface area contributed by atoms with Gasteiger partial charge in [0.2, 0.25) is 5.88 Å². The van der Waals surface area contributed by atoms with Crippen molar-refractivity contribution in [1.29, 1.82) is 0 Å². The molecule has 0 radical (unpaired) electrons. The Kier molecular flexibility index (Phi) is 3.45. The Hall–Kier alpha value is -1.50. The van der Waals surface area contributed by atoms with Crippen molar-refractivity contribution in [2.45, 2.75) is 19.6 Å². The van der Waals surface area contributed by atoms with Crippen molar-refractivity contribution in [3.8, 4) is 5.88 Å². The van der Waals surface area contributed by atoms with Gasteiger partial charge in [0, 0.05) is 6.07 Å². The number of hydrogen-bond donors (Lipinski definition) is 0. The first kappa shape index (κ1) is 11.0. The molecule has 6 nitrogen and oxygen atoms in total. The summed E-state index contributed by atoms with van der Waals surface area (Å²) in [4.78, 5) is 4.18. The van der Waals surface area contributed by atoms with Gasteiger partial charge in [-0.05, 0) is 39.3 Å². The third kappa shape index (κ3) is 2.99. The highest BCUT2D eigenvalue weighted by molar-refractivity contribution is 9.10. The fraction of sp³-hybridized carbons (Fsp3) is 0.333. The van der Waals surface area contributed by atoms with Gasteiger partial charge in [-0.3, -0.25) is 0 Å². The third-order valence-electron chi connectivity index (χ3n) is 1.85. The summed E-state index contributed by atoms with van der Waals surface area (Å²) in [6.07, 6.45) is 1.50. The summed E-state index contributed by atoms with van der Waals surface area (Å²) in [6.45, 7) is 2.52. The molecule has 0 aliphatic heterocycles. The number of nitrogens with zero attached hydrogens (tertiary/aromatic N) is 5. The summed E-state index contributed by atoms with van der Waals surface area (Å²) in [7, 11) is 0. The monoisotopic (exact) mass is 283 g/mol. The second kappa shape index (κ2) is 5.02. The maximum absolute atomic E-state index is 5.61. The van der Waals surface area contributed by atoms with E-state index in [1.807, 2.05) is 19.1 Å². The topological polar surface area (TPSA) is 65.7 Å². The quantitative estimate of drug-likeness (QED) is 0.792. The molecule has 2 aromatic rings. The molecule has 0 aliphatic carbocycles. The molecule has 7 heteroatoms. The molecule has 0 spiro atoms. The van der Waals surface area contributed by atoms with Gasteiger partial charge in [-0.1, -0.05) is 6.07 Å². The molecule has 2 aromatic heterocycles. The maximum atomic E-state index is 5.61. The average molecular weight is 284 g/mol. The molecular weight excluding hydrogens is 274 g/mol. The van der Waals surface area contributed by atoms with E-state index in [1.54, 1.807) is 17.1 Å². The fourth-order valence-corrected chi connectivity index (χ4v) is 1.55. The van der Waals surface area contributed by atoms with E-state index in [0.717, 1.165) is 4.60 Å². The molecule has 0 aliphatic rings. The van der Waals surface area contributed by atoms with Crippen molar-refractivity contribution in [1.82, 2.24) is 25.2 Å². The zero-order valence-corrected chi connectivity index (χ0v) is 10.2. The van der Waals surface area contributed by atoms with Crippen molar-refractivity contribution < 1.29 is 4.74 Å². The van der Waals surface area contributed by atoms with Crippen molar-refractivity contribution >= 4 is 15.9 Å². The minimum atomic E-state index is -0.0506. The van der Waals surface area contributed by atoms with Gasteiger partial charge in [-0.25, -0.2) is 9.67 Å². The highest BCUT2D eigenvalue weighted by atomic mass is 79.9. The van der Waals surface area contributed by atoms with Gasteiger partial charge in [0.15, 0.2) is 0 Å². The molecule has 0 fully saturated rings. The van der Waals surface area contributed by atoms with E-state index in [1.165, 1.54) is 0 Å². The van der Waals surface area contributed by atoms with Crippen LogP contribution in [0.5, 0.6) is 5.88 Å². The lowest BCUT2D eigenvalue weighted by Crippen LogP contribution is -2.20. The highest BCUT2D eigenvalue weighted by Gasteiger charge is 2.06. The van der Waals surface area contributed by atoms with Crippen molar-refractivity contribution in [2.24, 2.45) is 0 Å². The average Bonchev–Trinajstić information content (AvgIpc) is 2.70. The van der Waals surface area contributed by atoms with Crippen LogP contribution in [0.3, 0.4) is 0 Å². The normalized spacial score (nSPS) is 12.4. The number of aromatic nitrogens is 5. The van der Waals surface area contributed by atoms with Gasteiger partial charge in [-0.15, -0.1) is 5.10 Å². The molecule has 16 heavy (non-hydrogen) atoms. The van der Waals surface area contributed by atoms with Crippen LogP contribution in [-0.4, -0.2) is 31.3 Å². The number of tetrazole rings is 1. The molecule has 84 valence electrons. The molecule has 0 N–H and O–H groups in total. The van der Waals surface area contributed by atoms with E-state index in [4.69, 9.17) is 4.74 Å². The van der Waals surface area contributed by atoms with E-state index < -0.39 is 0 Å². The molecule has 0 amide bonds. The Balaban J connectivity index is 1.94. The summed E-state index contributed by atoms with van der Waals surface area (Å²) >= 11 is 3.28. The standard InChI is InChI=1S/C9H10BrN5O/c1-7(5-15-6-11-13-14-15)16-9-4-2-3-8(10)12-9/h2-4,6-7H,5H2,1H3. The van der Waals surface area contributed by atoms with Gasteiger partial charge in [0.1, 0.15) is 17.0 Å². The van der Waals surface area contributed by atoms with Gasteiger partial charge in [-0.2, -0.15) is 0 Å². The second-order valence-electron chi connectivity index (χ2n) is 3.26. The summed E-state index contributed by atoms with van der Waals surface area (Å²) in [5.74, 6) is 0.579. The molecule has 0 saturated heterocycles. The van der Waals surface area contributed by atoms with E-state index in [0.29, 0.717) is 12.4 Å². The van der Waals surface area contributed by atoms with E-state index in [9.17, 15) is 0 Å². The van der Waals surface area contributed by atoms with Gasteiger partial charge in [0.25, 0.3) is 0 Å². The smallest absolute Gasteiger partial charge is 0.214 e. The first-order valence-electron chi connectivity index (χ1n) is 4.74. The van der Waals surface area contributed by atoms with Gasteiger partial charge in [0.05, 0.1) is 6.54 Å². The SMILES string of the molecule is CC(Cn1cnnn1)Oc1cccc(Br)n1.